The Labute approximate surface area is 157 Å². The van der Waals surface area contributed by atoms with Gasteiger partial charge in [-0.05, 0) is 62.0 Å². The van der Waals surface area contributed by atoms with E-state index in [4.69, 9.17) is 0 Å². The standard InChI is InChI=1S/C17H23BrN2OS.ClH/c1-20(17(21)5-2-12-6-8-19-11-12)15-7-9-22-16-4-3-13(18)10-14(15)16;/h3-4,10,12,15,19H,2,5-9,11H2,1H3;1H. The fourth-order valence-electron chi connectivity index (χ4n) is 3.39. The summed E-state index contributed by atoms with van der Waals surface area (Å²) in [6, 6.07) is 6.65. The van der Waals surface area contributed by atoms with Crippen molar-refractivity contribution in [3.05, 3.63) is 28.2 Å². The van der Waals surface area contributed by atoms with Gasteiger partial charge in [-0.25, -0.2) is 0 Å². The molecule has 6 heteroatoms. The van der Waals surface area contributed by atoms with Gasteiger partial charge in [0.15, 0.2) is 0 Å². The lowest BCUT2D eigenvalue weighted by Gasteiger charge is -2.33. The van der Waals surface area contributed by atoms with Crippen LogP contribution < -0.4 is 5.32 Å². The molecule has 1 aromatic rings. The SMILES string of the molecule is CN(C(=O)CCC1CCNC1)C1CCSc2ccc(Br)cc21.Cl. The minimum absolute atomic E-state index is 0. The van der Waals surface area contributed by atoms with Gasteiger partial charge in [0.1, 0.15) is 0 Å². The highest BCUT2D eigenvalue weighted by Crippen LogP contribution is 2.40. The van der Waals surface area contributed by atoms with Crippen molar-refractivity contribution in [2.45, 2.75) is 36.6 Å². The van der Waals surface area contributed by atoms with Crippen molar-refractivity contribution >= 4 is 46.0 Å². The molecule has 2 aliphatic heterocycles. The zero-order valence-electron chi connectivity index (χ0n) is 13.4. The van der Waals surface area contributed by atoms with Crippen LogP contribution in [0.15, 0.2) is 27.6 Å². The molecule has 1 N–H and O–H groups in total. The molecule has 0 aromatic heterocycles. The molecular formula is C17H24BrClN2OS. The second-order valence-corrected chi connectivity index (χ2v) is 8.29. The first-order valence-electron chi connectivity index (χ1n) is 8.04. The van der Waals surface area contributed by atoms with Crippen LogP contribution in [0.1, 0.15) is 37.3 Å². The normalized spacial score (nSPS) is 23.0. The third-order valence-electron chi connectivity index (χ3n) is 4.77. The van der Waals surface area contributed by atoms with Crippen LogP contribution in [0.2, 0.25) is 0 Å². The maximum Gasteiger partial charge on any atom is 0.222 e. The first kappa shape index (κ1) is 19.1. The van der Waals surface area contributed by atoms with Gasteiger partial charge in [0, 0.05) is 28.6 Å². The Morgan fingerprint density at radius 2 is 2.26 bits per heavy atom. The average Bonchev–Trinajstić information content (AvgIpc) is 3.04. The lowest BCUT2D eigenvalue weighted by Crippen LogP contribution is -2.33. The smallest absolute Gasteiger partial charge is 0.222 e. The van der Waals surface area contributed by atoms with Gasteiger partial charge >= 0.3 is 0 Å². The zero-order chi connectivity index (χ0) is 15.5. The zero-order valence-corrected chi connectivity index (χ0v) is 16.6. The number of nitrogens with zero attached hydrogens (tertiary/aromatic N) is 1. The predicted octanol–water partition coefficient (Wildman–Crippen LogP) is 4.26. The molecule has 2 unspecified atom stereocenters. The lowest BCUT2D eigenvalue weighted by molar-refractivity contribution is -0.132. The molecule has 2 aliphatic rings. The molecule has 0 aliphatic carbocycles. The second-order valence-electron chi connectivity index (χ2n) is 6.24. The monoisotopic (exact) mass is 418 g/mol. The highest BCUT2D eigenvalue weighted by atomic mass is 79.9. The van der Waals surface area contributed by atoms with Crippen molar-refractivity contribution in [2.24, 2.45) is 5.92 Å². The minimum Gasteiger partial charge on any atom is -0.339 e. The minimum atomic E-state index is 0. The highest BCUT2D eigenvalue weighted by molar-refractivity contribution is 9.10. The van der Waals surface area contributed by atoms with Crippen LogP contribution in [0, 0.1) is 5.92 Å². The fraction of sp³-hybridized carbons (Fsp3) is 0.588. The van der Waals surface area contributed by atoms with Crippen molar-refractivity contribution in [1.29, 1.82) is 0 Å². The van der Waals surface area contributed by atoms with Crippen molar-refractivity contribution < 1.29 is 4.79 Å². The number of amides is 1. The number of carbonyl (C=O) groups excluding carboxylic acids is 1. The van der Waals surface area contributed by atoms with E-state index < -0.39 is 0 Å². The summed E-state index contributed by atoms with van der Waals surface area (Å²) in [5, 5.41) is 3.38. The largest absolute Gasteiger partial charge is 0.339 e. The molecular weight excluding hydrogens is 396 g/mol. The van der Waals surface area contributed by atoms with Crippen molar-refractivity contribution in [3.63, 3.8) is 0 Å². The Morgan fingerprint density at radius 3 is 3.00 bits per heavy atom. The third-order valence-corrected chi connectivity index (χ3v) is 6.39. The summed E-state index contributed by atoms with van der Waals surface area (Å²) in [6.45, 7) is 2.18. The van der Waals surface area contributed by atoms with Crippen molar-refractivity contribution in [2.75, 3.05) is 25.9 Å². The van der Waals surface area contributed by atoms with Gasteiger partial charge in [-0.3, -0.25) is 4.79 Å². The second kappa shape index (κ2) is 8.75. The summed E-state index contributed by atoms with van der Waals surface area (Å²) in [7, 11) is 1.97. The predicted molar refractivity (Wildman–Crippen MR) is 102 cm³/mol. The molecule has 1 fully saturated rings. The molecule has 1 saturated heterocycles. The van der Waals surface area contributed by atoms with E-state index in [0.29, 0.717) is 12.3 Å². The Bertz CT molecular complexity index is 551. The first-order chi connectivity index (χ1) is 10.6. The van der Waals surface area contributed by atoms with E-state index in [1.165, 1.54) is 16.9 Å². The maximum absolute atomic E-state index is 12.6. The summed E-state index contributed by atoms with van der Waals surface area (Å²) in [5.74, 6) is 2.05. The van der Waals surface area contributed by atoms with Crippen molar-refractivity contribution in [3.8, 4) is 0 Å². The molecule has 1 amide bonds. The third kappa shape index (κ3) is 4.65. The van der Waals surface area contributed by atoms with Crippen molar-refractivity contribution in [1.82, 2.24) is 10.2 Å². The summed E-state index contributed by atoms with van der Waals surface area (Å²) in [5.41, 5.74) is 1.30. The summed E-state index contributed by atoms with van der Waals surface area (Å²) >= 11 is 5.46. The van der Waals surface area contributed by atoms with Crippen LogP contribution in [0.3, 0.4) is 0 Å². The van der Waals surface area contributed by atoms with Crippen LogP contribution in [0.4, 0.5) is 0 Å². The van der Waals surface area contributed by atoms with E-state index in [9.17, 15) is 4.79 Å². The molecule has 0 saturated carbocycles. The molecule has 2 atom stereocenters. The summed E-state index contributed by atoms with van der Waals surface area (Å²) < 4.78 is 1.09. The molecule has 3 nitrogen and oxygen atoms in total. The van der Waals surface area contributed by atoms with Gasteiger partial charge in [0.05, 0.1) is 6.04 Å². The number of nitrogens with one attached hydrogen (secondary N) is 1. The van der Waals surface area contributed by atoms with E-state index in [-0.39, 0.29) is 24.4 Å². The van der Waals surface area contributed by atoms with Crippen LogP contribution in [0.5, 0.6) is 0 Å². The van der Waals surface area contributed by atoms with Gasteiger partial charge in [0.2, 0.25) is 5.91 Å². The molecule has 23 heavy (non-hydrogen) atoms. The number of benzene rings is 1. The molecule has 0 radical (unpaired) electrons. The Morgan fingerprint density at radius 1 is 1.43 bits per heavy atom. The number of hydrogen-bond donors (Lipinski definition) is 1. The first-order valence-corrected chi connectivity index (χ1v) is 9.81. The number of halogens is 2. The summed E-state index contributed by atoms with van der Waals surface area (Å²) in [4.78, 5) is 15.9. The Balaban J connectivity index is 0.00000192. The fourth-order valence-corrected chi connectivity index (χ4v) is 4.85. The van der Waals surface area contributed by atoms with E-state index in [0.717, 1.165) is 36.2 Å². The van der Waals surface area contributed by atoms with Crippen LogP contribution in [0.25, 0.3) is 0 Å². The topological polar surface area (TPSA) is 32.3 Å². The van der Waals surface area contributed by atoms with Crippen LogP contribution in [-0.4, -0.2) is 36.7 Å². The number of rotatable bonds is 4. The number of fused-ring (bicyclic) bond motifs is 1. The summed E-state index contributed by atoms with van der Waals surface area (Å²) in [6.07, 6.45) is 3.95. The average molecular weight is 420 g/mol. The van der Waals surface area contributed by atoms with E-state index >= 15 is 0 Å². The van der Waals surface area contributed by atoms with E-state index in [1.807, 2.05) is 23.7 Å². The van der Waals surface area contributed by atoms with Gasteiger partial charge in [-0.15, -0.1) is 24.2 Å². The van der Waals surface area contributed by atoms with Crippen LogP contribution >= 0.6 is 40.1 Å². The molecule has 128 valence electrons. The lowest BCUT2D eigenvalue weighted by atomic mass is 9.99. The van der Waals surface area contributed by atoms with Crippen LogP contribution in [-0.2, 0) is 4.79 Å². The number of carbonyl (C=O) groups is 1. The van der Waals surface area contributed by atoms with Gasteiger partial charge in [-0.2, -0.15) is 0 Å². The van der Waals surface area contributed by atoms with E-state index in [1.54, 1.807) is 0 Å². The highest BCUT2D eigenvalue weighted by Gasteiger charge is 2.27. The Hall–Kier alpha value is -0.230. The van der Waals surface area contributed by atoms with Gasteiger partial charge < -0.3 is 10.2 Å². The molecule has 3 rings (SSSR count). The van der Waals surface area contributed by atoms with E-state index in [2.05, 4.69) is 39.4 Å². The number of thioether (sulfide) groups is 1. The molecule has 2 heterocycles. The quantitative estimate of drug-likeness (QED) is 0.791. The molecule has 0 spiro atoms. The maximum atomic E-state index is 12.6. The van der Waals surface area contributed by atoms with Gasteiger partial charge in [-0.1, -0.05) is 15.9 Å². The molecule has 0 bridgehead atoms. The Kier molecular flexibility index (Phi) is 7.26. The number of hydrogen-bond acceptors (Lipinski definition) is 3. The molecule has 1 aromatic carbocycles. The van der Waals surface area contributed by atoms with Gasteiger partial charge in [0.25, 0.3) is 0 Å².